The predicted molar refractivity (Wildman–Crippen MR) is 252 cm³/mol. The number of hydrogen-bond donors (Lipinski definition) is 0. The second kappa shape index (κ2) is 15.6. The van der Waals surface area contributed by atoms with E-state index in [0.717, 1.165) is 77.2 Å². The third-order valence-corrected chi connectivity index (χ3v) is 12.3. The average Bonchev–Trinajstić information content (AvgIpc) is 3.65. The first-order chi connectivity index (χ1) is 31.0. The molecular weight excluding hydrogens is 773 g/mol. The minimum absolute atomic E-state index is 0.432. The summed E-state index contributed by atoms with van der Waals surface area (Å²) in [7, 11) is 0. The molecule has 0 heterocycles. The van der Waals surface area contributed by atoms with Gasteiger partial charge in [0.2, 0.25) is 0 Å². The Kier molecular flexibility index (Phi) is 9.32. The number of rotatable bonds is 8. The van der Waals surface area contributed by atoms with E-state index in [1.807, 2.05) is 158 Å². The Balaban J connectivity index is 1.09. The van der Waals surface area contributed by atoms with Crippen LogP contribution in [0.2, 0.25) is 0 Å². The van der Waals surface area contributed by atoms with Crippen molar-refractivity contribution in [3.8, 4) is 44.9 Å². The first-order valence-electron chi connectivity index (χ1n) is 21.1. The highest BCUT2D eigenvalue weighted by Gasteiger charge is 2.46. The molecule has 1 aliphatic rings. The Labute approximate surface area is 365 Å². The lowest BCUT2D eigenvalue weighted by atomic mass is 9.67. The van der Waals surface area contributed by atoms with E-state index >= 15 is 0 Å². The van der Waals surface area contributed by atoms with Crippen molar-refractivity contribution in [3.63, 3.8) is 0 Å². The fourth-order valence-electron chi connectivity index (χ4n) is 9.36. The Morgan fingerprint density at radius 2 is 0.698 bits per heavy atom. The normalized spacial score (nSPS) is 12.4. The molecule has 0 aliphatic heterocycles. The monoisotopic (exact) mass is 810 g/mol. The van der Waals surface area contributed by atoms with Crippen molar-refractivity contribution >= 4 is 33.5 Å². The number of hydrogen-bond acceptors (Lipinski definition) is 4. The van der Waals surface area contributed by atoms with Crippen molar-refractivity contribution in [3.05, 3.63) is 264 Å². The maximum Gasteiger partial charge on any atom is 0.343 e. The first-order valence-corrected chi connectivity index (χ1v) is 21.1. The molecule has 0 amide bonds. The summed E-state index contributed by atoms with van der Waals surface area (Å²) in [6.07, 6.45) is 0. The molecule has 0 bridgehead atoms. The zero-order chi connectivity index (χ0) is 42.3. The summed E-state index contributed by atoms with van der Waals surface area (Å²) in [5.41, 5.74) is 9.99. The van der Waals surface area contributed by atoms with Gasteiger partial charge in [0, 0.05) is 11.1 Å². The molecule has 0 N–H and O–H groups in total. The molecule has 0 fully saturated rings. The van der Waals surface area contributed by atoms with Gasteiger partial charge in [0.1, 0.15) is 11.5 Å². The smallest absolute Gasteiger partial charge is 0.343 e. The van der Waals surface area contributed by atoms with Crippen LogP contribution >= 0.6 is 0 Å². The summed E-state index contributed by atoms with van der Waals surface area (Å²) in [6.45, 7) is 0. The number of esters is 2. The molecule has 11 rings (SSSR count). The van der Waals surface area contributed by atoms with Gasteiger partial charge in [0.05, 0.1) is 16.5 Å². The van der Waals surface area contributed by atoms with Gasteiger partial charge in [-0.3, -0.25) is 0 Å². The minimum Gasteiger partial charge on any atom is -0.422 e. The molecular formula is C59H38O4. The second-order valence-electron chi connectivity index (χ2n) is 15.9. The number of carbonyl (C=O) groups excluding carboxylic acids is 2. The molecule has 63 heavy (non-hydrogen) atoms. The van der Waals surface area contributed by atoms with E-state index in [2.05, 4.69) is 72.8 Å². The van der Waals surface area contributed by atoms with Crippen molar-refractivity contribution in [2.75, 3.05) is 0 Å². The van der Waals surface area contributed by atoms with Crippen LogP contribution in [0.3, 0.4) is 0 Å². The zero-order valence-electron chi connectivity index (χ0n) is 34.1. The molecule has 4 nitrogen and oxygen atoms in total. The lowest BCUT2D eigenvalue weighted by molar-refractivity contribution is 0.0726. The third kappa shape index (κ3) is 6.57. The van der Waals surface area contributed by atoms with E-state index < -0.39 is 17.4 Å². The van der Waals surface area contributed by atoms with Crippen LogP contribution in [0.25, 0.3) is 54.9 Å². The Hall–Kier alpha value is -8.34. The molecule has 10 aromatic rings. The molecule has 10 aromatic carbocycles. The summed E-state index contributed by atoms with van der Waals surface area (Å²) in [5.74, 6) is 0.0501. The Morgan fingerprint density at radius 1 is 0.317 bits per heavy atom. The van der Waals surface area contributed by atoms with Crippen molar-refractivity contribution in [1.29, 1.82) is 0 Å². The van der Waals surface area contributed by atoms with Gasteiger partial charge in [0.25, 0.3) is 0 Å². The van der Waals surface area contributed by atoms with E-state index in [-0.39, 0.29) is 0 Å². The van der Waals surface area contributed by atoms with E-state index in [1.165, 1.54) is 0 Å². The summed E-state index contributed by atoms with van der Waals surface area (Å²) < 4.78 is 12.7. The molecule has 0 saturated heterocycles. The van der Waals surface area contributed by atoms with Crippen molar-refractivity contribution in [2.24, 2.45) is 0 Å². The number of ether oxygens (including phenoxy) is 2. The summed E-state index contributed by atoms with van der Waals surface area (Å²) in [5, 5.41) is 4.04. The molecule has 4 heteroatoms. The van der Waals surface area contributed by atoms with Crippen LogP contribution in [0.5, 0.6) is 11.5 Å². The van der Waals surface area contributed by atoms with E-state index in [1.54, 1.807) is 0 Å². The van der Waals surface area contributed by atoms with Gasteiger partial charge in [-0.15, -0.1) is 0 Å². The highest BCUT2D eigenvalue weighted by Crippen LogP contribution is 2.57. The van der Waals surface area contributed by atoms with Gasteiger partial charge in [-0.25, -0.2) is 9.59 Å². The van der Waals surface area contributed by atoms with E-state index in [0.29, 0.717) is 22.6 Å². The third-order valence-electron chi connectivity index (χ3n) is 12.3. The lowest BCUT2D eigenvalue weighted by Crippen LogP contribution is -2.29. The van der Waals surface area contributed by atoms with Crippen molar-refractivity contribution in [1.82, 2.24) is 0 Å². The van der Waals surface area contributed by atoms with E-state index in [4.69, 9.17) is 9.47 Å². The zero-order valence-corrected chi connectivity index (χ0v) is 34.1. The summed E-state index contributed by atoms with van der Waals surface area (Å²) >= 11 is 0. The second-order valence-corrected chi connectivity index (χ2v) is 15.9. The standard InChI is InChI=1S/C59H38O4/c60-57(45-29-27-39-15-7-9-21-43(39)35-45)62-55-33-31-47(37-51(55)41-17-3-1-4-18-41)59(53-25-13-11-23-49(53)50-24-12-14-26-54(50)59)48-32-34-56(52(38-48)42-19-5-2-6-20-42)63-58(61)46-30-28-40-16-8-10-22-44(40)36-46/h1-38H. The van der Waals surface area contributed by atoms with Crippen LogP contribution in [-0.2, 0) is 5.41 Å². The van der Waals surface area contributed by atoms with Crippen LogP contribution in [0, 0.1) is 0 Å². The highest BCUT2D eigenvalue weighted by atomic mass is 16.5. The van der Waals surface area contributed by atoms with Crippen LogP contribution in [0.1, 0.15) is 43.0 Å². The van der Waals surface area contributed by atoms with Gasteiger partial charge in [-0.1, -0.05) is 182 Å². The molecule has 298 valence electrons. The van der Waals surface area contributed by atoms with E-state index in [9.17, 15) is 9.59 Å². The molecule has 0 spiro atoms. The van der Waals surface area contributed by atoms with Gasteiger partial charge in [-0.2, -0.15) is 0 Å². The summed E-state index contributed by atoms with van der Waals surface area (Å²) in [6, 6.07) is 76.9. The largest absolute Gasteiger partial charge is 0.422 e. The van der Waals surface area contributed by atoms with Gasteiger partial charge in [0.15, 0.2) is 0 Å². The highest BCUT2D eigenvalue weighted by molar-refractivity contribution is 5.99. The SMILES string of the molecule is O=C(Oc1ccc(C2(c3ccc(OC(=O)c4ccc5ccccc5c4)c(-c4ccccc4)c3)c3ccccc3-c3ccccc32)cc1-c1ccccc1)c1ccc2ccccc2c1. The van der Waals surface area contributed by atoms with Crippen LogP contribution in [-0.4, -0.2) is 11.9 Å². The molecule has 0 aromatic heterocycles. The van der Waals surface area contributed by atoms with Gasteiger partial charge >= 0.3 is 11.9 Å². The maximum atomic E-state index is 14.0. The number of benzene rings is 10. The van der Waals surface area contributed by atoms with Crippen molar-refractivity contribution in [2.45, 2.75) is 5.41 Å². The Bertz CT molecular complexity index is 3160. The van der Waals surface area contributed by atoms with Crippen LogP contribution in [0.15, 0.2) is 231 Å². The average molecular weight is 811 g/mol. The maximum absolute atomic E-state index is 14.0. The molecule has 0 unspecified atom stereocenters. The topological polar surface area (TPSA) is 52.6 Å². The minimum atomic E-state index is -0.831. The van der Waals surface area contributed by atoms with Crippen molar-refractivity contribution < 1.29 is 19.1 Å². The first kappa shape index (κ1) is 37.6. The molecule has 1 aliphatic carbocycles. The van der Waals surface area contributed by atoms with Crippen LogP contribution < -0.4 is 9.47 Å². The van der Waals surface area contributed by atoms with Gasteiger partial charge < -0.3 is 9.47 Å². The fourth-order valence-corrected chi connectivity index (χ4v) is 9.36. The predicted octanol–water partition coefficient (Wildman–Crippen LogP) is 14.1. The van der Waals surface area contributed by atoms with Crippen LogP contribution in [0.4, 0.5) is 0 Å². The number of fused-ring (bicyclic) bond motifs is 5. The number of carbonyl (C=O) groups is 2. The quantitative estimate of drug-likeness (QED) is 0.113. The van der Waals surface area contributed by atoms with Gasteiger partial charge in [-0.05, 0) is 115 Å². The molecule has 0 saturated carbocycles. The Morgan fingerprint density at radius 3 is 1.14 bits per heavy atom. The summed E-state index contributed by atoms with van der Waals surface area (Å²) in [4.78, 5) is 27.9. The molecule has 0 atom stereocenters. The fraction of sp³-hybridized carbons (Fsp3) is 0.0169. The molecule has 0 radical (unpaired) electrons. The lowest BCUT2D eigenvalue weighted by Gasteiger charge is -2.35.